The number of aliphatic hydroxyl groups is 1. The second kappa shape index (κ2) is 5.61. The van der Waals surface area contributed by atoms with Gasteiger partial charge in [-0.2, -0.15) is 0 Å². The quantitative estimate of drug-likeness (QED) is 0.723. The average Bonchev–Trinajstić information content (AvgIpc) is 2.20. The summed E-state index contributed by atoms with van der Waals surface area (Å²) in [6.07, 6.45) is 4.97. The molecule has 1 aliphatic rings. The predicted octanol–water partition coefficient (Wildman–Crippen LogP) is 1.88. The van der Waals surface area contributed by atoms with Crippen LogP contribution in [0.4, 0.5) is 0 Å². The molecule has 2 nitrogen and oxygen atoms in total. The van der Waals surface area contributed by atoms with E-state index in [9.17, 15) is 0 Å². The van der Waals surface area contributed by atoms with E-state index in [0.717, 1.165) is 12.6 Å². The lowest BCUT2D eigenvalue weighted by Gasteiger charge is -2.37. The maximum absolute atomic E-state index is 9.11. The van der Waals surface area contributed by atoms with E-state index in [1.807, 2.05) is 0 Å². The SMILES string of the molecule is CCC(CC)N1CCCC(CO)C1. The van der Waals surface area contributed by atoms with Crippen LogP contribution in [0.3, 0.4) is 0 Å². The zero-order valence-corrected chi connectivity index (χ0v) is 9.00. The molecule has 0 bridgehead atoms. The van der Waals surface area contributed by atoms with Gasteiger partial charge in [-0.3, -0.25) is 0 Å². The maximum atomic E-state index is 9.11. The Morgan fingerprint density at radius 1 is 1.38 bits per heavy atom. The molecule has 78 valence electrons. The van der Waals surface area contributed by atoms with E-state index in [1.165, 1.54) is 32.2 Å². The smallest absolute Gasteiger partial charge is 0.0471 e. The number of nitrogens with zero attached hydrogens (tertiary/aromatic N) is 1. The number of piperidine rings is 1. The van der Waals surface area contributed by atoms with Gasteiger partial charge in [0.1, 0.15) is 0 Å². The highest BCUT2D eigenvalue weighted by Gasteiger charge is 2.23. The molecule has 1 N–H and O–H groups in total. The van der Waals surface area contributed by atoms with Crippen LogP contribution >= 0.6 is 0 Å². The molecule has 1 atom stereocenters. The largest absolute Gasteiger partial charge is 0.396 e. The average molecular weight is 185 g/mol. The first-order valence-electron chi connectivity index (χ1n) is 5.66. The molecule has 1 saturated heterocycles. The molecular weight excluding hydrogens is 162 g/mol. The van der Waals surface area contributed by atoms with Crippen LogP contribution in [0.1, 0.15) is 39.5 Å². The molecule has 0 aromatic heterocycles. The van der Waals surface area contributed by atoms with Crippen LogP contribution in [0, 0.1) is 5.92 Å². The van der Waals surface area contributed by atoms with Crippen LogP contribution in [-0.4, -0.2) is 35.7 Å². The lowest BCUT2D eigenvalue weighted by atomic mass is 9.96. The van der Waals surface area contributed by atoms with E-state index < -0.39 is 0 Å². The highest BCUT2D eigenvalue weighted by Crippen LogP contribution is 2.20. The van der Waals surface area contributed by atoms with Gasteiger partial charge < -0.3 is 10.0 Å². The van der Waals surface area contributed by atoms with Crippen molar-refractivity contribution in [3.05, 3.63) is 0 Å². The summed E-state index contributed by atoms with van der Waals surface area (Å²) >= 11 is 0. The summed E-state index contributed by atoms with van der Waals surface area (Å²) in [5.74, 6) is 0.536. The van der Waals surface area contributed by atoms with Crippen molar-refractivity contribution < 1.29 is 5.11 Å². The van der Waals surface area contributed by atoms with E-state index in [0.29, 0.717) is 12.5 Å². The van der Waals surface area contributed by atoms with Gasteiger partial charge >= 0.3 is 0 Å². The Kier molecular flexibility index (Phi) is 4.74. The van der Waals surface area contributed by atoms with Crippen molar-refractivity contribution in [1.29, 1.82) is 0 Å². The number of likely N-dealkylation sites (tertiary alicyclic amines) is 1. The minimum absolute atomic E-state index is 0.372. The van der Waals surface area contributed by atoms with Gasteiger partial charge in [0.15, 0.2) is 0 Å². The Balaban J connectivity index is 2.40. The van der Waals surface area contributed by atoms with Crippen molar-refractivity contribution in [3.8, 4) is 0 Å². The molecule has 1 rings (SSSR count). The van der Waals surface area contributed by atoms with Gasteiger partial charge in [0.25, 0.3) is 0 Å². The van der Waals surface area contributed by atoms with Crippen molar-refractivity contribution in [2.75, 3.05) is 19.7 Å². The Labute approximate surface area is 81.9 Å². The Bertz CT molecular complexity index is 134. The molecule has 13 heavy (non-hydrogen) atoms. The predicted molar refractivity (Wildman–Crippen MR) is 55.8 cm³/mol. The van der Waals surface area contributed by atoms with Crippen molar-refractivity contribution in [2.24, 2.45) is 5.92 Å². The van der Waals surface area contributed by atoms with Crippen molar-refractivity contribution in [1.82, 2.24) is 4.90 Å². The number of rotatable bonds is 4. The van der Waals surface area contributed by atoms with Gasteiger partial charge in [-0.05, 0) is 38.1 Å². The van der Waals surface area contributed by atoms with Gasteiger partial charge in [0, 0.05) is 19.2 Å². The van der Waals surface area contributed by atoms with Gasteiger partial charge in [-0.25, -0.2) is 0 Å². The summed E-state index contributed by atoms with van der Waals surface area (Å²) < 4.78 is 0. The second-order valence-corrected chi connectivity index (χ2v) is 4.16. The second-order valence-electron chi connectivity index (χ2n) is 4.16. The van der Waals surface area contributed by atoms with E-state index in [-0.39, 0.29) is 0 Å². The third-order valence-corrected chi connectivity index (χ3v) is 3.27. The summed E-state index contributed by atoms with van der Waals surface area (Å²) in [5.41, 5.74) is 0. The zero-order valence-electron chi connectivity index (χ0n) is 9.00. The Hall–Kier alpha value is -0.0800. The van der Waals surface area contributed by atoms with E-state index in [4.69, 9.17) is 5.11 Å². The molecule has 0 aliphatic carbocycles. The molecular formula is C11H23NO. The van der Waals surface area contributed by atoms with Crippen LogP contribution < -0.4 is 0 Å². The molecule has 1 heterocycles. The van der Waals surface area contributed by atoms with Crippen molar-refractivity contribution in [3.63, 3.8) is 0 Å². The minimum Gasteiger partial charge on any atom is -0.396 e. The third-order valence-electron chi connectivity index (χ3n) is 3.27. The highest BCUT2D eigenvalue weighted by molar-refractivity contribution is 4.77. The number of hydrogen-bond donors (Lipinski definition) is 1. The van der Waals surface area contributed by atoms with E-state index in [1.54, 1.807) is 0 Å². The maximum Gasteiger partial charge on any atom is 0.0471 e. The molecule has 0 saturated carbocycles. The standard InChI is InChI=1S/C11H23NO/c1-3-11(4-2)12-7-5-6-10(8-12)9-13/h10-11,13H,3-9H2,1-2H3. The van der Waals surface area contributed by atoms with E-state index in [2.05, 4.69) is 18.7 Å². The zero-order chi connectivity index (χ0) is 9.68. The molecule has 1 fully saturated rings. The molecule has 2 heteroatoms. The molecule has 1 aliphatic heterocycles. The summed E-state index contributed by atoms with van der Waals surface area (Å²) in [5, 5.41) is 9.11. The van der Waals surface area contributed by atoms with Gasteiger partial charge in [0.2, 0.25) is 0 Å². The fraction of sp³-hybridized carbons (Fsp3) is 1.00. The first-order chi connectivity index (χ1) is 6.31. The lowest BCUT2D eigenvalue weighted by molar-refractivity contribution is 0.0844. The van der Waals surface area contributed by atoms with Gasteiger partial charge in [0.05, 0.1) is 0 Å². The van der Waals surface area contributed by atoms with Crippen LogP contribution in [0.15, 0.2) is 0 Å². The summed E-state index contributed by atoms with van der Waals surface area (Å²) in [6.45, 7) is 7.25. The van der Waals surface area contributed by atoms with Crippen LogP contribution in [0.5, 0.6) is 0 Å². The highest BCUT2D eigenvalue weighted by atomic mass is 16.3. The number of hydrogen-bond acceptors (Lipinski definition) is 2. The van der Waals surface area contributed by atoms with Crippen molar-refractivity contribution >= 4 is 0 Å². The molecule has 1 unspecified atom stereocenters. The topological polar surface area (TPSA) is 23.5 Å². The third kappa shape index (κ3) is 2.96. The summed E-state index contributed by atoms with van der Waals surface area (Å²) in [7, 11) is 0. The molecule has 0 radical (unpaired) electrons. The summed E-state index contributed by atoms with van der Waals surface area (Å²) in [4.78, 5) is 2.56. The van der Waals surface area contributed by atoms with Crippen LogP contribution in [0.2, 0.25) is 0 Å². The number of aliphatic hydroxyl groups excluding tert-OH is 1. The fourth-order valence-corrected chi connectivity index (χ4v) is 2.38. The van der Waals surface area contributed by atoms with Gasteiger partial charge in [-0.1, -0.05) is 13.8 Å². The fourth-order valence-electron chi connectivity index (χ4n) is 2.38. The Morgan fingerprint density at radius 3 is 2.62 bits per heavy atom. The van der Waals surface area contributed by atoms with Crippen LogP contribution in [-0.2, 0) is 0 Å². The lowest BCUT2D eigenvalue weighted by Crippen LogP contribution is -2.43. The first-order valence-corrected chi connectivity index (χ1v) is 5.66. The molecule has 0 aromatic rings. The van der Waals surface area contributed by atoms with Gasteiger partial charge in [-0.15, -0.1) is 0 Å². The summed E-state index contributed by atoms with van der Waals surface area (Å²) in [6, 6.07) is 0.745. The molecule has 0 amide bonds. The molecule has 0 aromatic carbocycles. The van der Waals surface area contributed by atoms with Crippen LogP contribution in [0.25, 0.3) is 0 Å². The minimum atomic E-state index is 0.372. The first kappa shape index (κ1) is 11.0. The van der Waals surface area contributed by atoms with Crippen molar-refractivity contribution in [2.45, 2.75) is 45.6 Å². The molecule has 0 spiro atoms. The Morgan fingerprint density at radius 2 is 2.08 bits per heavy atom. The van der Waals surface area contributed by atoms with E-state index >= 15 is 0 Å². The normalized spacial score (nSPS) is 25.4. The monoisotopic (exact) mass is 185 g/mol.